The van der Waals surface area contributed by atoms with Gasteiger partial charge in [-0.2, -0.15) is 0 Å². The molecule has 2 N–H and O–H groups in total. The first kappa shape index (κ1) is 22.5. The number of carbonyl (C=O) groups excluding carboxylic acids is 3. The maximum Gasteiger partial charge on any atom is 0.256 e. The highest BCUT2D eigenvalue weighted by Crippen LogP contribution is 2.23. The summed E-state index contributed by atoms with van der Waals surface area (Å²) >= 11 is 12.1. The molecular formula is C24H20Cl2N2O3. The zero-order chi connectivity index (χ0) is 22.4. The fourth-order valence-electron chi connectivity index (χ4n) is 2.95. The minimum Gasteiger partial charge on any atom is -0.352 e. The lowest BCUT2D eigenvalue weighted by Crippen LogP contribution is -2.24. The van der Waals surface area contributed by atoms with E-state index in [2.05, 4.69) is 10.6 Å². The largest absolute Gasteiger partial charge is 0.352 e. The average Bonchev–Trinajstić information content (AvgIpc) is 2.77. The number of anilines is 1. The summed E-state index contributed by atoms with van der Waals surface area (Å²) in [6, 6.07) is 17.7. The molecule has 3 rings (SSSR count). The van der Waals surface area contributed by atoms with Crippen molar-refractivity contribution in [2.75, 3.05) is 11.9 Å². The third kappa shape index (κ3) is 5.51. The van der Waals surface area contributed by atoms with E-state index in [4.69, 9.17) is 23.2 Å². The monoisotopic (exact) mass is 454 g/mol. The number of hydrogen-bond donors (Lipinski definition) is 2. The number of halogens is 2. The number of ketones is 1. The number of hydrogen-bond acceptors (Lipinski definition) is 3. The molecule has 0 aliphatic heterocycles. The van der Waals surface area contributed by atoms with Gasteiger partial charge in [-0.15, -0.1) is 0 Å². The van der Waals surface area contributed by atoms with Crippen LogP contribution in [0, 0.1) is 0 Å². The van der Waals surface area contributed by atoms with Crippen LogP contribution in [-0.4, -0.2) is 24.1 Å². The molecule has 0 saturated heterocycles. The average molecular weight is 455 g/mol. The molecular weight excluding hydrogens is 435 g/mol. The molecule has 3 aromatic rings. The quantitative estimate of drug-likeness (QED) is 0.455. The Balaban J connectivity index is 1.81. The molecule has 158 valence electrons. The maximum absolute atomic E-state index is 12.9. The standard InChI is InChI=1S/C24H20Cl2N2O3/c1-2-13-27-23(30)20-12-11-17(14-21(20)26)28-24(31)19-6-4-3-5-18(19)22(29)15-7-9-16(25)10-8-15/h3-12,14H,2,13H2,1H3,(H,27,30)(H,28,31). The Labute approximate surface area is 190 Å². The van der Waals surface area contributed by atoms with Gasteiger partial charge in [-0.1, -0.05) is 48.3 Å². The predicted molar refractivity (Wildman–Crippen MR) is 123 cm³/mol. The highest BCUT2D eigenvalue weighted by Gasteiger charge is 2.19. The molecule has 0 aliphatic rings. The maximum atomic E-state index is 12.9. The first-order valence-corrected chi connectivity index (χ1v) is 10.4. The lowest BCUT2D eigenvalue weighted by molar-refractivity contribution is 0.0953. The van der Waals surface area contributed by atoms with E-state index in [0.29, 0.717) is 28.4 Å². The minimum absolute atomic E-state index is 0.219. The summed E-state index contributed by atoms with van der Waals surface area (Å²) in [5, 5.41) is 6.23. The molecule has 31 heavy (non-hydrogen) atoms. The molecule has 0 unspecified atom stereocenters. The Kier molecular flexibility index (Phi) is 7.45. The van der Waals surface area contributed by atoms with E-state index in [-0.39, 0.29) is 27.8 Å². The molecule has 0 saturated carbocycles. The fourth-order valence-corrected chi connectivity index (χ4v) is 3.34. The molecule has 0 atom stereocenters. The first-order chi connectivity index (χ1) is 14.9. The van der Waals surface area contributed by atoms with Gasteiger partial charge in [-0.25, -0.2) is 0 Å². The van der Waals surface area contributed by atoms with Crippen LogP contribution in [0.15, 0.2) is 66.7 Å². The van der Waals surface area contributed by atoms with Gasteiger partial charge in [0.05, 0.1) is 16.1 Å². The summed E-state index contributed by atoms with van der Waals surface area (Å²) in [7, 11) is 0. The molecule has 0 fully saturated rings. The smallest absolute Gasteiger partial charge is 0.256 e. The van der Waals surface area contributed by atoms with E-state index >= 15 is 0 Å². The second-order valence-corrected chi connectivity index (χ2v) is 7.63. The number of amides is 2. The molecule has 0 heterocycles. The number of nitrogens with one attached hydrogen (secondary N) is 2. The van der Waals surface area contributed by atoms with Gasteiger partial charge >= 0.3 is 0 Å². The van der Waals surface area contributed by atoms with Crippen LogP contribution in [0.5, 0.6) is 0 Å². The minimum atomic E-state index is -0.461. The number of benzene rings is 3. The van der Waals surface area contributed by atoms with E-state index in [9.17, 15) is 14.4 Å². The number of rotatable bonds is 7. The molecule has 3 aromatic carbocycles. The van der Waals surface area contributed by atoms with Crippen molar-refractivity contribution in [3.05, 3.63) is 99.0 Å². The van der Waals surface area contributed by atoms with Crippen molar-refractivity contribution in [1.82, 2.24) is 5.32 Å². The zero-order valence-electron chi connectivity index (χ0n) is 16.7. The molecule has 0 radical (unpaired) electrons. The highest BCUT2D eigenvalue weighted by molar-refractivity contribution is 6.34. The van der Waals surface area contributed by atoms with Crippen molar-refractivity contribution >= 4 is 46.5 Å². The van der Waals surface area contributed by atoms with Gasteiger partial charge in [-0.3, -0.25) is 14.4 Å². The lowest BCUT2D eigenvalue weighted by atomic mass is 9.98. The van der Waals surface area contributed by atoms with Crippen LogP contribution in [0.1, 0.15) is 50.0 Å². The van der Waals surface area contributed by atoms with Gasteiger partial charge in [0.25, 0.3) is 11.8 Å². The van der Waals surface area contributed by atoms with Crippen LogP contribution in [0.4, 0.5) is 5.69 Å². The predicted octanol–water partition coefficient (Wildman–Crippen LogP) is 5.62. The van der Waals surface area contributed by atoms with Crippen LogP contribution in [0.3, 0.4) is 0 Å². The van der Waals surface area contributed by atoms with Gasteiger partial charge in [0, 0.05) is 28.4 Å². The van der Waals surface area contributed by atoms with Crippen molar-refractivity contribution in [2.45, 2.75) is 13.3 Å². The summed E-state index contributed by atoms with van der Waals surface area (Å²) in [6.07, 6.45) is 0.811. The van der Waals surface area contributed by atoms with Crippen molar-refractivity contribution in [2.24, 2.45) is 0 Å². The van der Waals surface area contributed by atoms with E-state index in [1.54, 1.807) is 60.7 Å². The molecule has 0 spiro atoms. The highest BCUT2D eigenvalue weighted by atomic mass is 35.5. The van der Waals surface area contributed by atoms with Crippen LogP contribution in [0.2, 0.25) is 10.0 Å². The van der Waals surface area contributed by atoms with Crippen molar-refractivity contribution in [3.8, 4) is 0 Å². The normalized spacial score (nSPS) is 10.4. The van der Waals surface area contributed by atoms with E-state index in [0.717, 1.165) is 6.42 Å². The van der Waals surface area contributed by atoms with Gasteiger partial charge in [0.15, 0.2) is 5.78 Å². The molecule has 5 nitrogen and oxygen atoms in total. The molecule has 0 bridgehead atoms. The SMILES string of the molecule is CCCNC(=O)c1ccc(NC(=O)c2ccccc2C(=O)c2ccc(Cl)cc2)cc1Cl. The van der Waals surface area contributed by atoms with Crippen molar-refractivity contribution in [1.29, 1.82) is 0 Å². The molecule has 0 aromatic heterocycles. The Bertz CT molecular complexity index is 1130. The second kappa shape index (κ2) is 10.2. The van der Waals surface area contributed by atoms with E-state index in [1.807, 2.05) is 6.92 Å². The summed E-state index contributed by atoms with van der Waals surface area (Å²) in [5.41, 5.74) is 1.66. The fraction of sp³-hybridized carbons (Fsp3) is 0.125. The van der Waals surface area contributed by atoms with E-state index < -0.39 is 5.91 Å². The van der Waals surface area contributed by atoms with E-state index in [1.165, 1.54) is 6.07 Å². The van der Waals surface area contributed by atoms with Crippen molar-refractivity contribution in [3.63, 3.8) is 0 Å². The Morgan fingerprint density at radius 1 is 0.806 bits per heavy atom. The van der Waals surface area contributed by atoms with Crippen molar-refractivity contribution < 1.29 is 14.4 Å². The zero-order valence-corrected chi connectivity index (χ0v) is 18.3. The topological polar surface area (TPSA) is 75.3 Å². The van der Waals surface area contributed by atoms with Crippen LogP contribution in [0.25, 0.3) is 0 Å². The Hall–Kier alpha value is -3.15. The Morgan fingerprint density at radius 2 is 1.48 bits per heavy atom. The van der Waals surface area contributed by atoms with Crippen LogP contribution < -0.4 is 10.6 Å². The Morgan fingerprint density at radius 3 is 2.13 bits per heavy atom. The molecule has 0 aliphatic carbocycles. The summed E-state index contributed by atoms with van der Waals surface area (Å²) in [5.74, 6) is -1.02. The third-order valence-corrected chi connectivity index (χ3v) is 5.09. The summed E-state index contributed by atoms with van der Waals surface area (Å²) in [6.45, 7) is 2.50. The summed E-state index contributed by atoms with van der Waals surface area (Å²) in [4.78, 5) is 37.9. The number of carbonyl (C=O) groups is 3. The summed E-state index contributed by atoms with van der Waals surface area (Å²) < 4.78 is 0. The lowest BCUT2D eigenvalue weighted by Gasteiger charge is -2.11. The van der Waals surface area contributed by atoms with Crippen LogP contribution >= 0.6 is 23.2 Å². The van der Waals surface area contributed by atoms with Gasteiger partial charge in [-0.05, 0) is 55.0 Å². The first-order valence-electron chi connectivity index (χ1n) is 9.69. The van der Waals surface area contributed by atoms with Crippen LogP contribution in [-0.2, 0) is 0 Å². The third-order valence-electron chi connectivity index (χ3n) is 4.53. The van der Waals surface area contributed by atoms with Gasteiger partial charge in [0.1, 0.15) is 0 Å². The second-order valence-electron chi connectivity index (χ2n) is 6.79. The van der Waals surface area contributed by atoms with Gasteiger partial charge < -0.3 is 10.6 Å². The van der Waals surface area contributed by atoms with Gasteiger partial charge in [0.2, 0.25) is 0 Å². The molecule has 2 amide bonds. The molecule has 7 heteroatoms.